The molecule has 1 unspecified atom stereocenters. The van der Waals surface area contributed by atoms with Gasteiger partial charge in [-0.3, -0.25) is 0 Å². The number of hydrogen-bond acceptors (Lipinski definition) is 2. The van der Waals surface area contributed by atoms with Gasteiger partial charge in [-0.05, 0) is 99.3 Å². The fourth-order valence-corrected chi connectivity index (χ4v) is 9.34. The molecule has 9 aromatic carbocycles. The van der Waals surface area contributed by atoms with E-state index in [-0.39, 0.29) is 5.41 Å². The molecule has 2 aliphatic rings. The average molecular weight is 716 g/mol. The Morgan fingerprint density at radius 1 is 0.393 bits per heavy atom. The Morgan fingerprint density at radius 3 is 1.82 bits per heavy atom. The number of hydrogen-bond donors (Lipinski definition) is 0. The van der Waals surface area contributed by atoms with Crippen molar-refractivity contribution in [2.24, 2.45) is 0 Å². The summed E-state index contributed by atoms with van der Waals surface area (Å²) in [6.07, 6.45) is 0. The molecule has 11 rings (SSSR count). The largest absolute Gasteiger partial charge is 0.456 e. The lowest BCUT2D eigenvalue weighted by Crippen LogP contribution is -2.22. The minimum atomic E-state index is -0.321. The van der Waals surface area contributed by atoms with E-state index in [1.165, 1.54) is 49.9 Å². The predicted octanol–water partition coefficient (Wildman–Crippen LogP) is 14.8. The number of nitrogens with zero attached hydrogens (tertiary/aromatic N) is 1. The molecule has 1 heterocycles. The maximum atomic E-state index is 6.53. The van der Waals surface area contributed by atoms with E-state index in [1.807, 2.05) is 6.07 Å². The van der Waals surface area contributed by atoms with Crippen LogP contribution >= 0.6 is 0 Å². The van der Waals surface area contributed by atoms with Crippen molar-refractivity contribution in [2.45, 2.75) is 12.3 Å². The zero-order valence-electron chi connectivity index (χ0n) is 31.0. The van der Waals surface area contributed by atoms with Crippen molar-refractivity contribution in [3.05, 3.63) is 223 Å². The molecular weight excluding hydrogens is 679 g/mol. The lowest BCUT2D eigenvalue weighted by molar-refractivity contribution is 0.487. The van der Waals surface area contributed by atoms with Gasteiger partial charge in [0.2, 0.25) is 0 Å². The molecule has 56 heavy (non-hydrogen) atoms. The first-order chi connectivity index (χ1) is 27.7. The molecule has 0 aromatic heterocycles. The summed E-state index contributed by atoms with van der Waals surface area (Å²) in [5.74, 6) is 1.79. The van der Waals surface area contributed by atoms with Crippen LogP contribution < -0.4 is 9.64 Å². The number of anilines is 3. The first-order valence-electron chi connectivity index (χ1n) is 19.4. The maximum absolute atomic E-state index is 6.53. The summed E-state index contributed by atoms with van der Waals surface area (Å²) in [4.78, 5) is 2.48. The van der Waals surface area contributed by atoms with Crippen LogP contribution in [0.25, 0.3) is 55.3 Å². The highest BCUT2D eigenvalue weighted by Crippen LogP contribution is 2.58. The van der Waals surface area contributed by atoms with E-state index in [1.54, 1.807) is 0 Å². The molecule has 1 atom stereocenters. The molecule has 1 aliphatic carbocycles. The SMILES string of the molecule is CC1(c2ccccc2)c2ccccc2-c2c(N(c3ccc(-c4ccccc4)cc3)c3ccccc3-c3ccc4c5c(cccc35)-c3ccccc3O4)cccc21. The van der Waals surface area contributed by atoms with Gasteiger partial charge in [-0.1, -0.05) is 164 Å². The summed E-state index contributed by atoms with van der Waals surface area (Å²) in [5, 5.41) is 2.31. The van der Waals surface area contributed by atoms with Gasteiger partial charge in [0.05, 0.1) is 11.4 Å². The standard InChI is InChI=1S/C54H37NO/c1-54(38-18-6-3-7-19-38)46-25-11-8-22-45(46)53-47(54)26-15-28-49(53)55(39-32-30-37(31-33-39)36-16-4-2-5-17-36)48-27-12-9-20-41(48)40-34-35-51-52-43(40)23-14-24-44(52)42-21-10-13-29-50(42)56-51/h2-35H,1H3. The Morgan fingerprint density at radius 2 is 1.00 bits per heavy atom. The van der Waals surface area contributed by atoms with Gasteiger partial charge in [-0.25, -0.2) is 0 Å². The third kappa shape index (κ3) is 4.82. The Bertz CT molecular complexity index is 2950. The van der Waals surface area contributed by atoms with E-state index >= 15 is 0 Å². The molecule has 2 nitrogen and oxygen atoms in total. The molecule has 0 saturated heterocycles. The third-order valence-electron chi connectivity index (χ3n) is 12.0. The van der Waals surface area contributed by atoms with E-state index < -0.39 is 0 Å². The van der Waals surface area contributed by atoms with Crippen LogP contribution in [0.5, 0.6) is 11.5 Å². The van der Waals surface area contributed by atoms with Gasteiger partial charge < -0.3 is 9.64 Å². The van der Waals surface area contributed by atoms with Crippen LogP contribution in [-0.2, 0) is 5.41 Å². The smallest absolute Gasteiger partial charge is 0.135 e. The lowest BCUT2D eigenvalue weighted by Gasteiger charge is -2.32. The van der Waals surface area contributed by atoms with E-state index in [9.17, 15) is 0 Å². The van der Waals surface area contributed by atoms with Crippen LogP contribution in [0.15, 0.2) is 206 Å². The minimum Gasteiger partial charge on any atom is -0.456 e. The summed E-state index contributed by atoms with van der Waals surface area (Å²) < 4.78 is 6.53. The van der Waals surface area contributed by atoms with Crippen LogP contribution in [0, 0.1) is 0 Å². The van der Waals surface area contributed by atoms with E-state index in [0.29, 0.717) is 0 Å². The Labute approximate surface area is 327 Å². The molecule has 9 aromatic rings. The molecule has 0 N–H and O–H groups in total. The van der Waals surface area contributed by atoms with Crippen LogP contribution in [-0.4, -0.2) is 0 Å². The van der Waals surface area contributed by atoms with Crippen molar-refractivity contribution in [1.29, 1.82) is 0 Å². The first kappa shape index (κ1) is 32.3. The maximum Gasteiger partial charge on any atom is 0.135 e. The second-order valence-corrected chi connectivity index (χ2v) is 14.9. The minimum absolute atomic E-state index is 0.321. The summed E-state index contributed by atoms with van der Waals surface area (Å²) in [6.45, 7) is 2.39. The zero-order chi connectivity index (χ0) is 37.2. The van der Waals surface area contributed by atoms with Crippen molar-refractivity contribution >= 4 is 27.8 Å². The highest BCUT2D eigenvalue weighted by atomic mass is 16.5. The van der Waals surface area contributed by atoms with Crippen LogP contribution in [0.1, 0.15) is 23.6 Å². The van der Waals surface area contributed by atoms with E-state index in [4.69, 9.17) is 4.74 Å². The van der Waals surface area contributed by atoms with E-state index in [0.717, 1.165) is 50.6 Å². The van der Waals surface area contributed by atoms with Crippen molar-refractivity contribution in [3.63, 3.8) is 0 Å². The van der Waals surface area contributed by atoms with Gasteiger partial charge in [-0.15, -0.1) is 0 Å². The van der Waals surface area contributed by atoms with Gasteiger partial charge in [-0.2, -0.15) is 0 Å². The molecule has 0 fully saturated rings. The second kappa shape index (κ2) is 12.7. The summed E-state index contributed by atoms with van der Waals surface area (Å²) in [7, 11) is 0. The Kier molecular flexibility index (Phi) is 7.33. The summed E-state index contributed by atoms with van der Waals surface area (Å²) in [5.41, 5.74) is 16.5. The molecular formula is C54H37NO. The van der Waals surface area contributed by atoms with Gasteiger partial charge in [0.25, 0.3) is 0 Å². The highest BCUT2D eigenvalue weighted by Gasteiger charge is 2.42. The predicted molar refractivity (Wildman–Crippen MR) is 232 cm³/mol. The van der Waals surface area contributed by atoms with Crippen molar-refractivity contribution in [2.75, 3.05) is 4.90 Å². The number of ether oxygens (including phenoxy) is 1. The molecule has 0 spiro atoms. The molecule has 2 heteroatoms. The van der Waals surface area contributed by atoms with Crippen LogP contribution in [0.3, 0.4) is 0 Å². The normalized spacial score (nSPS) is 14.7. The fraction of sp³-hybridized carbons (Fsp3) is 0.0370. The van der Waals surface area contributed by atoms with Gasteiger partial charge >= 0.3 is 0 Å². The molecule has 0 bridgehead atoms. The number of para-hydroxylation sites is 2. The summed E-state index contributed by atoms with van der Waals surface area (Å²) >= 11 is 0. The van der Waals surface area contributed by atoms with Crippen molar-refractivity contribution in [3.8, 4) is 56.0 Å². The topological polar surface area (TPSA) is 12.5 Å². The summed E-state index contributed by atoms with van der Waals surface area (Å²) in [6, 6.07) is 74.7. The molecule has 1 aliphatic heterocycles. The lowest BCUT2D eigenvalue weighted by atomic mass is 9.74. The van der Waals surface area contributed by atoms with Crippen LogP contribution in [0.2, 0.25) is 0 Å². The van der Waals surface area contributed by atoms with Crippen LogP contribution in [0.4, 0.5) is 17.1 Å². The van der Waals surface area contributed by atoms with E-state index in [2.05, 4.69) is 212 Å². The Hall–Kier alpha value is -7.16. The average Bonchev–Trinajstić information content (AvgIpc) is 3.54. The molecule has 0 amide bonds. The van der Waals surface area contributed by atoms with Gasteiger partial charge in [0.1, 0.15) is 11.5 Å². The molecule has 0 radical (unpaired) electrons. The number of fused-ring (bicyclic) bond motifs is 5. The number of rotatable bonds is 6. The second-order valence-electron chi connectivity index (χ2n) is 14.9. The third-order valence-corrected chi connectivity index (χ3v) is 12.0. The molecule has 264 valence electrons. The van der Waals surface area contributed by atoms with Crippen molar-refractivity contribution < 1.29 is 4.74 Å². The fourth-order valence-electron chi connectivity index (χ4n) is 9.34. The number of benzene rings is 9. The zero-order valence-corrected chi connectivity index (χ0v) is 31.0. The van der Waals surface area contributed by atoms with Crippen molar-refractivity contribution in [1.82, 2.24) is 0 Å². The first-order valence-corrected chi connectivity index (χ1v) is 19.4. The quantitative estimate of drug-likeness (QED) is 0.170. The highest BCUT2D eigenvalue weighted by molar-refractivity contribution is 6.11. The monoisotopic (exact) mass is 715 g/mol. The molecule has 0 saturated carbocycles. The Balaban J connectivity index is 1.17. The van der Waals surface area contributed by atoms with Gasteiger partial charge in [0, 0.05) is 33.2 Å². The van der Waals surface area contributed by atoms with Gasteiger partial charge in [0.15, 0.2) is 0 Å².